The molecule has 1 aromatic carbocycles. The second-order valence-electron chi connectivity index (χ2n) is 2.93. The number of fused-ring (bicyclic) bond motifs is 1. The van der Waals surface area contributed by atoms with E-state index in [1.54, 1.807) is 18.2 Å². The summed E-state index contributed by atoms with van der Waals surface area (Å²) < 4.78 is 0. The van der Waals surface area contributed by atoms with Gasteiger partial charge < -0.3 is 10.8 Å². The van der Waals surface area contributed by atoms with Gasteiger partial charge >= 0.3 is 0 Å². The second-order valence-corrected chi connectivity index (χ2v) is 2.93. The Morgan fingerprint density at radius 2 is 2.00 bits per heavy atom. The average molecular weight is 178 g/mol. The highest BCUT2D eigenvalue weighted by Crippen LogP contribution is 2.28. The second kappa shape index (κ2) is 2.76. The normalized spacial score (nSPS) is 20.9. The van der Waals surface area contributed by atoms with Gasteiger partial charge in [-0.2, -0.15) is 0 Å². The predicted molar refractivity (Wildman–Crippen MR) is 47.2 cm³/mol. The molecule has 1 aliphatic rings. The van der Waals surface area contributed by atoms with Crippen molar-refractivity contribution in [1.82, 2.24) is 5.06 Å². The topological polar surface area (TPSA) is 69.7 Å². The molecule has 0 fully saturated rings. The van der Waals surface area contributed by atoms with Gasteiger partial charge in [-0.15, -0.1) is 0 Å². The lowest BCUT2D eigenvalue weighted by Crippen LogP contribution is -2.26. The van der Waals surface area contributed by atoms with Gasteiger partial charge in [0, 0.05) is 11.1 Å². The zero-order chi connectivity index (χ0) is 9.42. The number of benzene rings is 1. The van der Waals surface area contributed by atoms with E-state index in [0.717, 1.165) is 5.56 Å². The molecule has 4 N–H and O–H groups in total. The van der Waals surface area contributed by atoms with Gasteiger partial charge in [0.05, 0.1) is 11.9 Å². The van der Waals surface area contributed by atoms with Crippen LogP contribution < -0.4 is 5.73 Å². The van der Waals surface area contributed by atoms with Crippen LogP contribution in [0.3, 0.4) is 0 Å². The standard InChI is InChI=1S/C9H10N2O2/c10-8-5-11(13)9(12)7-4-2-1-3-6(7)8/h1-5,9,12-13H,10H2. The van der Waals surface area contributed by atoms with E-state index in [0.29, 0.717) is 16.3 Å². The molecule has 4 heteroatoms. The number of aliphatic hydroxyl groups is 1. The quantitative estimate of drug-likeness (QED) is 0.545. The van der Waals surface area contributed by atoms with E-state index in [9.17, 15) is 10.3 Å². The van der Waals surface area contributed by atoms with E-state index in [1.807, 2.05) is 6.07 Å². The third-order valence-electron chi connectivity index (χ3n) is 2.07. The zero-order valence-corrected chi connectivity index (χ0v) is 6.88. The lowest BCUT2D eigenvalue weighted by atomic mass is 10.0. The minimum absolute atomic E-state index is 0.448. The highest BCUT2D eigenvalue weighted by Gasteiger charge is 2.22. The molecule has 68 valence electrons. The Kier molecular flexibility index (Phi) is 1.72. The molecule has 2 rings (SSSR count). The van der Waals surface area contributed by atoms with Gasteiger partial charge in [0.2, 0.25) is 0 Å². The Bertz CT molecular complexity index is 362. The van der Waals surface area contributed by atoms with Gasteiger partial charge in [0.25, 0.3) is 0 Å². The summed E-state index contributed by atoms with van der Waals surface area (Å²) in [6.45, 7) is 0. The first-order chi connectivity index (χ1) is 6.20. The van der Waals surface area contributed by atoms with Gasteiger partial charge in [-0.25, -0.2) is 5.06 Å². The molecule has 13 heavy (non-hydrogen) atoms. The molecule has 1 unspecified atom stereocenters. The van der Waals surface area contributed by atoms with Crippen LogP contribution in [-0.2, 0) is 0 Å². The summed E-state index contributed by atoms with van der Waals surface area (Å²) in [6.07, 6.45) is 0.274. The molecule has 0 saturated heterocycles. The Hall–Kier alpha value is -1.52. The maximum Gasteiger partial charge on any atom is 0.177 e. The molecule has 0 spiro atoms. The maximum atomic E-state index is 9.52. The number of rotatable bonds is 0. The highest BCUT2D eigenvalue weighted by molar-refractivity contribution is 5.67. The van der Waals surface area contributed by atoms with Crippen LogP contribution >= 0.6 is 0 Å². The lowest BCUT2D eigenvalue weighted by Gasteiger charge is -2.27. The SMILES string of the molecule is NC1=CN(O)C(O)c2ccccc21. The lowest BCUT2D eigenvalue weighted by molar-refractivity contribution is -0.163. The Morgan fingerprint density at radius 3 is 2.77 bits per heavy atom. The molecule has 1 aromatic rings. The fraction of sp³-hybridized carbons (Fsp3) is 0.111. The third kappa shape index (κ3) is 1.16. The minimum Gasteiger partial charge on any atom is -0.397 e. The summed E-state index contributed by atoms with van der Waals surface area (Å²) in [7, 11) is 0. The Morgan fingerprint density at radius 1 is 1.31 bits per heavy atom. The zero-order valence-electron chi connectivity index (χ0n) is 6.88. The van der Waals surface area contributed by atoms with Crippen molar-refractivity contribution in [3.05, 3.63) is 41.6 Å². The number of hydrogen-bond donors (Lipinski definition) is 3. The largest absolute Gasteiger partial charge is 0.397 e. The molecular weight excluding hydrogens is 168 g/mol. The fourth-order valence-electron chi connectivity index (χ4n) is 1.41. The first-order valence-electron chi connectivity index (χ1n) is 3.92. The molecular formula is C9H10N2O2. The van der Waals surface area contributed by atoms with Crippen LogP contribution in [0, 0.1) is 0 Å². The van der Waals surface area contributed by atoms with Crippen molar-refractivity contribution in [2.24, 2.45) is 5.73 Å². The van der Waals surface area contributed by atoms with E-state index in [1.165, 1.54) is 6.20 Å². The summed E-state index contributed by atoms with van der Waals surface area (Å²) >= 11 is 0. The molecule has 4 nitrogen and oxygen atoms in total. The number of nitrogens with zero attached hydrogens (tertiary/aromatic N) is 1. The van der Waals surface area contributed by atoms with Crippen molar-refractivity contribution < 1.29 is 10.3 Å². The van der Waals surface area contributed by atoms with Gasteiger partial charge in [0.1, 0.15) is 0 Å². The van der Waals surface area contributed by atoms with Crippen LogP contribution in [0.1, 0.15) is 17.4 Å². The maximum absolute atomic E-state index is 9.52. The minimum atomic E-state index is -1.02. The molecule has 0 bridgehead atoms. The van der Waals surface area contributed by atoms with Crippen LogP contribution in [-0.4, -0.2) is 15.4 Å². The fourth-order valence-corrected chi connectivity index (χ4v) is 1.41. The van der Waals surface area contributed by atoms with E-state index < -0.39 is 6.23 Å². The van der Waals surface area contributed by atoms with Crippen LogP contribution in [0.2, 0.25) is 0 Å². The Labute approximate surface area is 75.5 Å². The highest BCUT2D eigenvalue weighted by atomic mass is 16.5. The van der Waals surface area contributed by atoms with Crippen molar-refractivity contribution in [3.8, 4) is 0 Å². The number of nitrogens with two attached hydrogens (primary N) is 1. The van der Waals surface area contributed by atoms with E-state index in [-0.39, 0.29) is 0 Å². The van der Waals surface area contributed by atoms with Gasteiger partial charge in [0.15, 0.2) is 6.23 Å². The van der Waals surface area contributed by atoms with Crippen molar-refractivity contribution in [3.63, 3.8) is 0 Å². The van der Waals surface area contributed by atoms with Crippen LogP contribution in [0.25, 0.3) is 5.70 Å². The molecule has 0 radical (unpaired) electrons. The van der Waals surface area contributed by atoms with Gasteiger partial charge in [-0.3, -0.25) is 5.21 Å². The van der Waals surface area contributed by atoms with E-state index >= 15 is 0 Å². The molecule has 1 atom stereocenters. The molecule has 1 aliphatic heterocycles. The van der Waals surface area contributed by atoms with Crippen LogP contribution in [0.15, 0.2) is 30.5 Å². The smallest absolute Gasteiger partial charge is 0.177 e. The molecule has 0 aliphatic carbocycles. The van der Waals surface area contributed by atoms with E-state index in [2.05, 4.69) is 0 Å². The van der Waals surface area contributed by atoms with Gasteiger partial charge in [-0.1, -0.05) is 24.3 Å². The predicted octanol–water partition coefficient (Wildman–Crippen LogP) is 0.639. The monoisotopic (exact) mass is 178 g/mol. The molecule has 0 aromatic heterocycles. The first-order valence-corrected chi connectivity index (χ1v) is 3.92. The summed E-state index contributed by atoms with van der Waals surface area (Å²) in [4.78, 5) is 0. The van der Waals surface area contributed by atoms with Crippen LogP contribution in [0.4, 0.5) is 0 Å². The number of aliphatic hydroxyl groups excluding tert-OH is 1. The van der Waals surface area contributed by atoms with Crippen molar-refractivity contribution in [2.75, 3.05) is 0 Å². The van der Waals surface area contributed by atoms with Crippen LogP contribution in [0.5, 0.6) is 0 Å². The van der Waals surface area contributed by atoms with E-state index in [4.69, 9.17) is 5.73 Å². The first kappa shape index (κ1) is 8.10. The summed E-state index contributed by atoms with van der Waals surface area (Å²) in [5.41, 5.74) is 7.47. The van der Waals surface area contributed by atoms with Gasteiger partial charge in [-0.05, 0) is 0 Å². The van der Waals surface area contributed by atoms with Crippen molar-refractivity contribution >= 4 is 5.70 Å². The molecule has 0 amide bonds. The number of hydroxylamine groups is 2. The molecule has 0 saturated carbocycles. The summed E-state index contributed by atoms with van der Waals surface area (Å²) in [6, 6.07) is 7.15. The summed E-state index contributed by atoms with van der Waals surface area (Å²) in [5.74, 6) is 0. The van der Waals surface area contributed by atoms with Crippen molar-refractivity contribution in [2.45, 2.75) is 6.23 Å². The molecule has 1 heterocycles. The van der Waals surface area contributed by atoms with Crippen molar-refractivity contribution in [1.29, 1.82) is 0 Å². The number of hydrogen-bond acceptors (Lipinski definition) is 4. The Balaban J connectivity index is 2.58. The summed E-state index contributed by atoms with van der Waals surface area (Å²) in [5, 5.41) is 19.4. The third-order valence-corrected chi connectivity index (χ3v) is 2.07. The average Bonchev–Trinajstić information content (AvgIpc) is 2.15.